The minimum Gasteiger partial charge on any atom is -0.396 e. The second-order valence-corrected chi connectivity index (χ2v) is 5.82. The zero-order chi connectivity index (χ0) is 13.7. The van der Waals surface area contributed by atoms with E-state index in [4.69, 9.17) is 5.11 Å². The predicted molar refractivity (Wildman–Crippen MR) is 75.0 cm³/mol. The van der Waals surface area contributed by atoms with Crippen LogP contribution >= 0.6 is 0 Å². The standard InChI is InChI=1S/C14H27N3O2/c1-15-7-9-16(10-8-15)14(19)12-17(6-3-11-18)13-4-2-5-13/h13,18H,2-12H2,1H3. The molecule has 0 radical (unpaired) electrons. The van der Waals surface area contributed by atoms with Crippen LogP contribution in [-0.2, 0) is 4.79 Å². The molecule has 2 rings (SSSR count). The molecule has 19 heavy (non-hydrogen) atoms. The molecule has 1 amide bonds. The number of aliphatic hydroxyl groups is 1. The zero-order valence-corrected chi connectivity index (χ0v) is 12.1. The van der Waals surface area contributed by atoms with Crippen LogP contribution in [0.1, 0.15) is 25.7 Å². The number of piperazine rings is 1. The minimum atomic E-state index is 0.214. The maximum Gasteiger partial charge on any atom is 0.236 e. The summed E-state index contributed by atoms with van der Waals surface area (Å²) < 4.78 is 0. The molecule has 0 bridgehead atoms. The Labute approximate surface area is 116 Å². The van der Waals surface area contributed by atoms with Gasteiger partial charge in [0.1, 0.15) is 0 Å². The van der Waals surface area contributed by atoms with Gasteiger partial charge in [0.05, 0.1) is 6.54 Å². The first-order valence-electron chi connectivity index (χ1n) is 7.52. The molecule has 110 valence electrons. The molecular weight excluding hydrogens is 242 g/mol. The molecular formula is C14H27N3O2. The van der Waals surface area contributed by atoms with Gasteiger partial charge in [0.25, 0.3) is 0 Å². The summed E-state index contributed by atoms with van der Waals surface area (Å²) in [4.78, 5) is 18.9. The second kappa shape index (κ2) is 7.22. The number of nitrogens with zero attached hydrogens (tertiary/aromatic N) is 3. The minimum absolute atomic E-state index is 0.214. The maximum absolute atomic E-state index is 12.3. The van der Waals surface area contributed by atoms with Crippen LogP contribution in [0.3, 0.4) is 0 Å². The van der Waals surface area contributed by atoms with Crippen molar-refractivity contribution in [1.29, 1.82) is 0 Å². The van der Waals surface area contributed by atoms with Crippen molar-refractivity contribution in [3.05, 3.63) is 0 Å². The third kappa shape index (κ3) is 4.16. The predicted octanol–water partition coefficient (Wildman–Crippen LogP) is -0.00270. The molecule has 1 aliphatic carbocycles. The highest BCUT2D eigenvalue weighted by molar-refractivity contribution is 5.78. The van der Waals surface area contributed by atoms with Crippen molar-refractivity contribution in [3.8, 4) is 0 Å². The summed E-state index contributed by atoms with van der Waals surface area (Å²) in [6, 6.07) is 0.572. The highest BCUT2D eigenvalue weighted by atomic mass is 16.3. The van der Waals surface area contributed by atoms with Gasteiger partial charge in [-0.25, -0.2) is 0 Å². The van der Waals surface area contributed by atoms with Crippen molar-refractivity contribution < 1.29 is 9.90 Å². The molecule has 0 aromatic carbocycles. The largest absolute Gasteiger partial charge is 0.396 e. The monoisotopic (exact) mass is 269 g/mol. The summed E-state index contributed by atoms with van der Waals surface area (Å²) in [6.07, 6.45) is 4.47. The van der Waals surface area contributed by atoms with Crippen molar-refractivity contribution in [2.24, 2.45) is 0 Å². The van der Waals surface area contributed by atoms with Crippen LogP contribution in [0.15, 0.2) is 0 Å². The normalized spacial score (nSPS) is 21.7. The average Bonchev–Trinajstić information content (AvgIpc) is 2.34. The molecule has 0 unspecified atom stereocenters. The zero-order valence-electron chi connectivity index (χ0n) is 12.1. The van der Waals surface area contributed by atoms with Crippen molar-refractivity contribution in [1.82, 2.24) is 14.7 Å². The van der Waals surface area contributed by atoms with E-state index < -0.39 is 0 Å². The number of hydrogen-bond donors (Lipinski definition) is 1. The van der Waals surface area contributed by atoms with Gasteiger partial charge in [-0.05, 0) is 26.3 Å². The van der Waals surface area contributed by atoms with E-state index in [1.165, 1.54) is 19.3 Å². The van der Waals surface area contributed by atoms with E-state index in [1.807, 2.05) is 4.90 Å². The van der Waals surface area contributed by atoms with Crippen LogP contribution in [0.4, 0.5) is 0 Å². The van der Waals surface area contributed by atoms with Crippen molar-refractivity contribution in [2.45, 2.75) is 31.7 Å². The van der Waals surface area contributed by atoms with E-state index in [0.29, 0.717) is 12.6 Å². The van der Waals surface area contributed by atoms with E-state index in [9.17, 15) is 4.79 Å². The van der Waals surface area contributed by atoms with Crippen LogP contribution in [0, 0.1) is 0 Å². The van der Waals surface area contributed by atoms with Gasteiger partial charge in [0, 0.05) is 45.4 Å². The quantitative estimate of drug-likeness (QED) is 0.737. The Kier molecular flexibility index (Phi) is 5.60. The molecule has 1 saturated carbocycles. The number of aliphatic hydroxyl groups excluding tert-OH is 1. The Bertz CT molecular complexity index is 286. The number of likely N-dealkylation sites (N-methyl/N-ethyl adjacent to an activating group) is 1. The maximum atomic E-state index is 12.3. The van der Waals surface area contributed by atoms with Crippen LogP contribution in [0.25, 0.3) is 0 Å². The smallest absolute Gasteiger partial charge is 0.236 e. The van der Waals surface area contributed by atoms with Gasteiger partial charge >= 0.3 is 0 Å². The molecule has 1 saturated heterocycles. The molecule has 1 aliphatic heterocycles. The van der Waals surface area contributed by atoms with Gasteiger partial charge in [0.2, 0.25) is 5.91 Å². The summed E-state index contributed by atoms with van der Waals surface area (Å²) in [5, 5.41) is 8.97. The van der Waals surface area contributed by atoms with E-state index in [-0.39, 0.29) is 12.5 Å². The summed E-state index contributed by atoms with van der Waals surface area (Å²) in [6.45, 7) is 5.26. The SMILES string of the molecule is CN1CCN(C(=O)CN(CCCO)C2CCC2)CC1. The molecule has 0 aromatic heterocycles. The van der Waals surface area contributed by atoms with Crippen molar-refractivity contribution >= 4 is 5.91 Å². The fourth-order valence-electron chi connectivity index (χ4n) is 2.75. The molecule has 5 nitrogen and oxygen atoms in total. The molecule has 1 N–H and O–H groups in total. The molecule has 0 spiro atoms. The molecule has 1 heterocycles. The van der Waals surface area contributed by atoms with Crippen LogP contribution in [0.2, 0.25) is 0 Å². The second-order valence-electron chi connectivity index (χ2n) is 5.82. The van der Waals surface area contributed by atoms with Gasteiger partial charge in [0.15, 0.2) is 0 Å². The van der Waals surface area contributed by atoms with E-state index in [0.717, 1.165) is 39.1 Å². The first-order chi connectivity index (χ1) is 9.20. The molecule has 2 fully saturated rings. The Morgan fingerprint density at radius 3 is 2.47 bits per heavy atom. The summed E-state index contributed by atoms with van der Waals surface area (Å²) in [7, 11) is 2.10. The lowest BCUT2D eigenvalue weighted by atomic mass is 9.91. The number of carbonyl (C=O) groups excluding carboxylic acids is 1. The van der Waals surface area contributed by atoms with Crippen molar-refractivity contribution in [2.75, 3.05) is 52.9 Å². The van der Waals surface area contributed by atoms with Crippen molar-refractivity contribution in [3.63, 3.8) is 0 Å². The topological polar surface area (TPSA) is 47.0 Å². The fourth-order valence-corrected chi connectivity index (χ4v) is 2.75. The van der Waals surface area contributed by atoms with Gasteiger partial charge in [-0.2, -0.15) is 0 Å². The van der Waals surface area contributed by atoms with Gasteiger partial charge in [-0.1, -0.05) is 6.42 Å². The third-order valence-corrected chi connectivity index (χ3v) is 4.39. The van der Waals surface area contributed by atoms with E-state index in [1.54, 1.807) is 0 Å². The highest BCUT2D eigenvalue weighted by Crippen LogP contribution is 2.24. The van der Waals surface area contributed by atoms with Crippen LogP contribution in [0.5, 0.6) is 0 Å². The molecule has 2 aliphatic rings. The summed E-state index contributed by atoms with van der Waals surface area (Å²) in [5.74, 6) is 0.262. The van der Waals surface area contributed by atoms with Gasteiger partial charge in [-0.3, -0.25) is 9.69 Å². The summed E-state index contributed by atoms with van der Waals surface area (Å²) in [5.41, 5.74) is 0. The Balaban J connectivity index is 1.80. The Morgan fingerprint density at radius 2 is 1.95 bits per heavy atom. The lowest BCUT2D eigenvalue weighted by molar-refractivity contribution is -0.135. The molecule has 0 atom stereocenters. The Morgan fingerprint density at radius 1 is 1.26 bits per heavy atom. The Hall–Kier alpha value is -0.650. The van der Waals surface area contributed by atoms with Crippen LogP contribution < -0.4 is 0 Å². The van der Waals surface area contributed by atoms with Gasteiger partial charge < -0.3 is 14.9 Å². The number of amides is 1. The average molecular weight is 269 g/mol. The van der Waals surface area contributed by atoms with E-state index in [2.05, 4.69) is 16.8 Å². The third-order valence-electron chi connectivity index (χ3n) is 4.39. The highest BCUT2D eigenvalue weighted by Gasteiger charge is 2.28. The first kappa shape index (κ1) is 14.8. The van der Waals surface area contributed by atoms with Crippen LogP contribution in [-0.4, -0.2) is 84.7 Å². The molecule has 5 heteroatoms. The van der Waals surface area contributed by atoms with E-state index >= 15 is 0 Å². The molecule has 0 aromatic rings. The lowest BCUT2D eigenvalue weighted by Gasteiger charge is -2.39. The number of hydrogen-bond acceptors (Lipinski definition) is 4. The summed E-state index contributed by atoms with van der Waals surface area (Å²) >= 11 is 0. The van der Waals surface area contributed by atoms with Gasteiger partial charge in [-0.15, -0.1) is 0 Å². The fraction of sp³-hybridized carbons (Fsp3) is 0.929. The number of rotatable bonds is 6. The number of carbonyl (C=O) groups is 1. The lowest BCUT2D eigenvalue weighted by Crippen LogP contribution is -2.52. The first-order valence-corrected chi connectivity index (χ1v) is 7.52.